The molecule has 0 amide bonds. The number of hydrogen-bond acceptors (Lipinski definition) is 2. The first-order valence-corrected chi connectivity index (χ1v) is 10.7. The van der Waals surface area contributed by atoms with Crippen molar-refractivity contribution in [2.75, 3.05) is 4.90 Å². The van der Waals surface area contributed by atoms with Gasteiger partial charge in [0.1, 0.15) is 5.82 Å². The fourth-order valence-corrected chi connectivity index (χ4v) is 4.81. The Morgan fingerprint density at radius 3 is 1.90 bits per heavy atom. The van der Waals surface area contributed by atoms with Gasteiger partial charge in [-0.25, -0.2) is 4.98 Å². The minimum atomic E-state index is -0.0437. The molecule has 150 valence electrons. The van der Waals surface area contributed by atoms with Crippen LogP contribution < -0.4 is 4.90 Å². The number of benzene rings is 4. The minimum absolute atomic E-state index is 0.0437. The third-order valence-corrected chi connectivity index (χ3v) is 6.42. The highest BCUT2D eigenvalue weighted by Gasteiger charge is 2.36. The molecule has 4 aromatic carbocycles. The lowest BCUT2D eigenvalue weighted by Crippen LogP contribution is -2.30. The lowest BCUT2D eigenvalue weighted by Gasteiger charge is -2.42. The third kappa shape index (κ3) is 2.70. The van der Waals surface area contributed by atoms with Crippen LogP contribution in [0.25, 0.3) is 22.4 Å². The van der Waals surface area contributed by atoms with Crippen molar-refractivity contribution in [2.24, 2.45) is 0 Å². The maximum Gasteiger partial charge on any atom is 0.138 e. The predicted octanol–water partition coefficient (Wildman–Crippen LogP) is 7.34. The smallest absolute Gasteiger partial charge is 0.138 e. The molecule has 0 atom stereocenters. The number of para-hydroxylation sites is 4. The summed E-state index contributed by atoms with van der Waals surface area (Å²) in [6.07, 6.45) is 0. The Morgan fingerprint density at radius 2 is 1.26 bits per heavy atom. The number of nitrogens with one attached hydrogen (secondary N) is 1. The number of hydrogen-bond donors (Lipinski definition) is 1. The topological polar surface area (TPSA) is 31.9 Å². The number of imidazole rings is 1. The summed E-state index contributed by atoms with van der Waals surface area (Å²) in [5, 5.41) is 0. The van der Waals surface area contributed by atoms with Crippen LogP contribution in [-0.4, -0.2) is 9.97 Å². The zero-order valence-electron chi connectivity index (χ0n) is 17.6. The lowest BCUT2D eigenvalue weighted by molar-refractivity contribution is 0.632. The first-order valence-electron chi connectivity index (χ1n) is 10.7. The summed E-state index contributed by atoms with van der Waals surface area (Å²) in [5.74, 6) is 0.897. The largest absolute Gasteiger partial charge is 0.338 e. The van der Waals surface area contributed by atoms with E-state index in [0.717, 1.165) is 28.1 Å². The highest BCUT2D eigenvalue weighted by atomic mass is 15.2. The van der Waals surface area contributed by atoms with Gasteiger partial charge in [-0.2, -0.15) is 0 Å². The first kappa shape index (κ1) is 18.0. The van der Waals surface area contributed by atoms with E-state index >= 15 is 0 Å². The molecule has 1 N–H and O–H groups in total. The maximum atomic E-state index is 4.75. The average Bonchev–Trinajstić information content (AvgIpc) is 3.24. The molecule has 3 nitrogen and oxygen atoms in total. The average molecular weight is 402 g/mol. The molecule has 0 unspecified atom stereocenters. The number of H-pyrrole nitrogens is 1. The van der Waals surface area contributed by atoms with Gasteiger partial charge in [-0.1, -0.05) is 62.4 Å². The highest BCUT2D eigenvalue weighted by molar-refractivity contribution is 5.86. The van der Waals surface area contributed by atoms with Gasteiger partial charge in [-0.15, -0.1) is 0 Å². The van der Waals surface area contributed by atoms with E-state index in [-0.39, 0.29) is 5.41 Å². The number of fused-ring (bicyclic) bond motifs is 3. The molecule has 6 rings (SSSR count). The molecule has 0 saturated heterocycles. The molecule has 1 aliphatic heterocycles. The summed E-state index contributed by atoms with van der Waals surface area (Å²) < 4.78 is 0. The number of rotatable bonds is 2. The van der Waals surface area contributed by atoms with Crippen molar-refractivity contribution in [3.8, 4) is 11.4 Å². The van der Waals surface area contributed by atoms with Gasteiger partial charge in [0, 0.05) is 16.7 Å². The molecule has 0 fully saturated rings. The number of aromatic nitrogens is 2. The van der Waals surface area contributed by atoms with Gasteiger partial charge < -0.3 is 9.88 Å². The highest BCUT2D eigenvalue weighted by Crippen LogP contribution is 2.51. The van der Waals surface area contributed by atoms with Gasteiger partial charge in [0.25, 0.3) is 0 Å². The molecule has 0 spiro atoms. The zero-order valence-corrected chi connectivity index (χ0v) is 17.6. The molecule has 1 aliphatic rings. The molecule has 0 bridgehead atoms. The van der Waals surface area contributed by atoms with Gasteiger partial charge >= 0.3 is 0 Å². The summed E-state index contributed by atoms with van der Waals surface area (Å²) in [5.41, 5.74) is 9.40. The molecule has 0 radical (unpaired) electrons. The van der Waals surface area contributed by atoms with Crippen LogP contribution in [0.4, 0.5) is 17.1 Å². The van der Waals surface area contributed by atoms with E-state index in [4.69, 9.17) is 4.98 Å². The number of nitrogens with zero attached hydrogens (tertiary/aromatic N) is 2. The molecule has 0 saturated carbocycles. The molecule has 0 aliphatic carbocycles. The van der Waals surface area contributed by atoms with Gasteiger partial charge in [-0.05, 0) is 59.7 Å². The van der Waals surface area contributed by atoms with Crippen molar-refractivity contribution < 1.29 is 0 Å². The van der Waals surface area contributed by atoms with Crippen LogP contribution in [0, 0.1) is 0 Å². The molecule has 2 heterocycles. The van der Waals surface area contributed by atoms with Crippen LogP contribution in [0.3, 0.4) is 0 Å². The van der Waals surface area contributed by atoms with E-state index in [1.807, 2.05) is 18.2 Å². The fourth-order valence-electron chi connectivity index (χ4n) is 4.81. The number of anilines is 3. The van der Waals surface area contributed by atoms with E-state index < -0.39 is 0 Å². The Morgan fingerprint density at radius 1 is 0.677 bits per heavy atom. The second kappa shape index (κ2) is 6.58. The van der Waals surface area contributed by atoms with E-state index in [1.54, 1.807) is 0 Å². The summed E-state index contributed by atoms with van der Waals surface area (Å²) in [6, 6.07) is 34.3. The molecule has 31 heavy (non-hydrogen) atoms. The van der Waals surface area contributed by atoms with Crippen LogP contribution in [0.1, 0.15) is 25.0 Å². The monoisotopic (exact) mass is 401 g/mol. The van der Waals surface area contributed by atoms with E-state index in [0.29, 0.717) is 0 Å². The van der Waals surface area contributed by atoms with E-state index in [2.05, 4.69) is 103 Å². The van der Waals surface area contributed by atoms with Crippen LogP contribution in [0.2, 0.25) is 0 Å². The lowest BCUT2D eigenvalue weighted by atomic mass is 9.73. The van der Waals surface area contributed by atoms with Crippen LogP contribution in [0.5, 0.6) is 0 Å². The molecular weight excluding hydrogens is 378 g/mol. The summed E-state index contributed by atoms with van der Waals surface area (Å²) in [7, 11) is 0. The normalized spacial score (nSPS) is 14.3. The van der Waals surface area contributed by atoms with Crippen molar-refractivity contribution in [1.29, 1.82) is 0 Å². The Kier molecular flexibility index (Phi) is 3.81. The van der Waals surface area contributed by atoms with Gasteiger partial charge in [0.05, 0.1) is 22.4 Å². The Hall–Kier alpha value is -3.85. The first-order chi connectivity index (χ1) is 15.1. The molecular formula is C28H23N3. The van der Waals surface area contributed by atoms with Gasteiger partial charge in [0.15, 0.2) is 0 Å². The maximum absolute atomic E-state index is 4.75. The second-order valence-electron chi connectivity index (χ2n) is 8.64. The third-order valence-electron chi connectivity index (χ3n) is 6.42. The standard InChI is InChI=1S/C28H23N3/c1-28(2)21-9-3-7-13-25(21)31(26-14-8-4-10-22(26)28)20-17-15-19(16-18-20)27-29-23-11-5-6-12-24(23)30-27/h3-18H,1-2H3,(H,29,30). The van der Waals surface area contributed by atoms with Crippen molar-refractivity contribution in [1.82, 2.24) is 9.97 Å². The predicted molar refractivity (Wildman–Crippen MR) is 128 cm³/mol. The Balaban J connectivity index is 1.47. The zero-order chi connectivity index (χ0) is 21.0. The Bertz CT molecular complexity index is 1330. The second-order valence-corrected chi connectivity index (χ2v) is 8.64. The van der Waals surface area contributed by atoms with Crippen LogP contribution in [-0.2, 0) is 5.41 Å². The minimum Gasteiger partial charge on any atom is -0.338 e. The number of aromatic amines is 1. The summed E-state index contributed by atoms with van der Waals surface area (Å²) >= 11 is 0. The van der Waals surface area contributed by atoms with Crippen molar-refractivity contribution >= 4 is 28.1 Å². The van der Waals surface area contributed by atoms with Crippen molar-refractivity contribution in [3.05, 3.63) is 108 Å². The summed E-state index contributed by atoms with van der Waals surface area (Å²) in [4.78, 5) is 10.5. The molecule has 5 aromatic rings. The summed E-state index contributed by atoms with van der Waals surface area (Å²) in [6.45, 7) is 4.62. The van der Waals surface area contributed by atoms with E-state index in [1.165, 1.54) is 22.5 Å². The van der Waals surface area contributed by atoms with Gasteiger partial charge in [-0.3, -0.25) is 0 Å². The Labute approximate surface area is 182 Å². The van der Waals surface area contributed by atoms with Gasteiger partial charge in [0.2, 0.25) is 0 Å². The van der Waals surface area contributed by atoms with Crippen molar-refractivity contribution in [2.45, 2.75) is 19.3 Å². The van der Waals surface area contributed by atoms with E-state index in [9.17, 15) is 0 Å². The SMILES string of the molecule is CC1(C)c2ccccc2N(c2ccc(-c3nc4ccccc4[nH]3)cc2)c2ccccc21. The van der Waals surface area contributed by atoms with Crippen molar-refractivity contribution in [3.63, 3.8) is 0 Å². The molecule has 3 heteroatoms. The molecule has 1 aromatic heterocycles. The quantitative estimate of drug-likeness (QED) is 0.335. The van der Waals surface area contributed by atoms with Crippen LogP contribution >= 0.6 is 0 Å². The van der Waals surface area contributed by atoms with Crippen LogP contribution in [0.15, 0.2) is 97.1 Å². The fraction of sp³-hybridized carbons (Fsp3) is 0.107.